The summed E-state index contributed by atoms with van der Waals surface area (Å²) in [5.41, 5.74) is 6.00. The van der Waals surface area contributed by atoms with Gasteiger partial charge < -0.3 is 18.4 Å². The number of rotatable bonds is 30. The Labute approximate surface area is 327 Å². The highest BCUT2D eigenvalue weighted by Gasteiger charge is 2.16. The summed E-state index contributed by atoms with van der Waals surface area (Å²) in [7, 11) is 9.05. The van der Waals surface area contributed by atoms with Crippen molar-refractivity contribution in [3.05, 3.63) is 59.7 Å². The minimum absolute atomic E-state index is 0.641. The topological polar surface area (TPSA) is 101 Å². The van der Waals surface area contributed by atoms with Gasteiger partial charge in [-0.15, -0.1) is 0 Å². The predicted molar refractivity (Wildman–Crippen MR) is 224 cm³/mol. The van der Waals surface area contributed by atoms with Gasteiger partial charge in [0.15, 0.2) is 0 Å². The van der Waals surface area contributed by atoms with Crippen LogP contribution in [0.4, 0.5) is 0 Å². The lowest BCUT2D eigenvalue weighted by molar-refractivity contribution is -0.890. The van der Waals surface area contributed by atoms with E-state index in [2.05, 4.69) is 63.1 Å². The number of hydrogen-bond acceptors (Lipinski definition) is 6. The van der Waals surface area contributed by atoms with Crippen LogP contribution >= 0.6 is 0 Å². The molecule has 2 rings (SSSR count). The van der Waals surface area contributed by atoms with Crippen LogP contribution in [0.5, 0.6) is 11.5 Å². The smallest absolute Gasteiger partial charge is 0.331 e. The monoisotopic (exact) mass is 751 g/mol. The zero-order valence-electron chi connectivity index (χ0n) is 34.8. The first kappa shape index (κ1) is 46.4. The number of carbonyl (C=O) groups is 2. The number of hydrogen-bond donors (Lipinski definition) is 2. The first-order valence-corrected chi connectivity index (χ1v) is 20.8. The molecule has 0 aromatic heterocycles. The lowest BCUT2D eigenvalue weighted by Crippen LogP contribution is -2.43. The van der Waals surface area contributed by atoms with Gasteiger partial charge >= 0.3 is 11.8 Å². The van der Waals surface area contributed by atoms with Gasteiger partial charge in [-0.05, 0) is 85.3 Å². The molecule has 10 heteroatoms. The van der Waals surface area contributed by atoms with Gasteiger partial charge in [0.25, 0.3) is 0 Å². The quantitative estimate of drug-likeness (QED) is 0.0275. The van der Waals surface area contributed by atoms with Gasteiger partial charge in [0.05, 0.1) is 53.7 Å². The van der Waals surface area contributed by atoms with Crippen molar-refractivity contribution in [1.82, 2.24) is 10.9 Å². The number of quaternary nitrogens is 2. The van der Waals surface area contributed by atoms with E-state index < -0.39 is 11.8 Å². The number of unbranched alkanes of at least 4 members (excludes halogenated alkanes) is 14. The third-order valence-electron chi connectivity index (χ3n) is 9.89. The van der Waals surface area contributed by atoms with Crippen LogP contribution < -0.4 is 20.3 Å². The van der Waals surface area contributed by atoms with Crippen molar-refractivity contribution in [1.29, 1.82) is 0 Å². The van der Waals surface area contributed by atoms with Gasteiger partial charge in [0, 0.05) is 0 Å². The Balaban J connectivity index is 1.60. The molecule has 0 bridgehead atoms. The summed E-state index contributed by atoms with van der Waals surface area (Å²) >= 11 is 0. The number of carbonyl (C=O) groups excluding carboxylic acids is 2. The van der Waals surface area contributed by atoms with Gasteiger partial charge in [-0.1, -0.05) is 90.9 Å². The summed E-state index contributed by atoms with van der Waals surface area (Å²) < 4.78 is 13.8. The van der Waals surface area contributed by atoms with Crippen molar-refractivity contribution in [3.63, 3.8) is 0 Å². The molecule has 54 heavy (non-hydrogen) atoms. The molecule has 0 unspecified atom stereocenters. The van der Waals surface area contributed by atoms with Crippen LogP contribution in [0.2, 0.25) is 0 Å². The zero-order valence-corrected chi connectivity index (χ0v) is 34.8. The summed E-state index contributed by atoms with van der Waals surface area (Å²) in [6.07, 6.45) is 24.3. The maximum absolute atomic E-state index is 12.2. The molecular weight excluding hydrogens is 677 g/mol. The Morgan fingerprint density at radius 3 is 1.15 bits per heavy atom. The standard InChI is InChI=1S/C44H72N6O4/c1-7-9-11-13-15-17-19-21-31-49(3,4)33-35-53-41-27-23-39(24-28-41)37-45-47-43(51)44(52)48-46-38-40-25-29-42(30-26-40)54-36-34-50(5,6)32-22-20-18-16-14-12-10-8-2/h23-30,37-38H,7-22,31-36H2,1-6H3/p+2. The zero-order chi connectivity index (χ0) is 39.3. The lowest BCUT2D eigenvalue weighted by Gasteiger charge is -2.29. The maximum atomic E-state index is 12.2. The number of likely N-dealkylation sites (N-methyl/N-ethyl adjacent to an activating group) is 2. The number of ether oxygens (including phenoxy) is 2. The average molecular weight is 751 g/mol. The van der Waals surface area contributed by atoms with E-state index in [1.54, 1.807) is 0 Å². The van der Waals surface area contributed by atoms with Gasteiger partial charge in [0.2, 0.25) is 0 Å². The molecular formula is C44H74N6O4+2. The molecule has 0 aliphatic rings. The first-order valence-electron chi connectivity index (χ1n) is 20.8. The van der Waals surface area contributed by atoms with Crippen LogP contribution in [0, 0.1) is 0 Å². The molecule has 0 saturated heterocycles. The Kier molecular flexibility index (Phi) is 23.9. The van der Waals surface area contributed by atoms with E-state index in [1.807, 2.05) is 48.5 Å². The van der Waals surface area contributed by atoms with E-state index in [1.165, 1.54) is 115 Å². The Hall–Kier alpha value is -3.76. The molecule has 2 aromatic carbocycles. The average Bonchev–Trinajstić information content (AvgIpc) is 3.15. The largest absolute Gasteiger partial charge is 0.488 e. The number of benzene rings is 2. The van der Waals surface area contributed by atoms with E-state index in [0.717, 1.165) is 57.8 Å². The summed E-state index contributed by atoms with van der Waals surface area (Å²) in [5, 5.41) is 7.80. The van der Waals surface area contributed by atoms with Crippen LogP contribution in [-0.4, -0.2) is 101 Å². The third kappa shape index (κ3) is 23.1. The van der Waals surface area contributed by atoms with E-state index in [0.29, 0.717) is 13.2 Å². The van der Waals surface area contributed by atoms with Crippen LogP contribution in [0.25, 0.3) is 0 Å². The fourth-order valence-corrected chi connectivity index (χ4v) is 6.12. The SMILES string of the molecule is CCCCCCCCCC[N+](C)(C)CCOc1ccc(C=NNC(=O)C(=O)NN=Cc2ccc(OCC[N+](C)(C)CCCCCCCCCC)cc2)cc1. The van der Waals surface area contributed by atoms with E-state index in [4.69, 9.17) is 9.47 Å². The minimum atomic E-state index is -0.913. The third-order valence-corrected chi connectivity index (χ3v) is 9.89. The normalized spacial score (nSPS) is 12.0. The van der Waals surface area contributed by atoms with Gasteiger partial charge in [-0.25, -0.2) is 10.9 Å². The van der Waals surface area contributed by atoms with Crippen molar-refractivity contribution < 1.29 is 28.0 Å². The van der Waals surface area contributed by atoms with Crippen molar-refractivity contribution >= 4 is 24.2 Å². The van der Waals surface area contributed by atoms with Crippen molar-refractivity contribution in [2.45, 2.75) is 117 Å². The van der Waals surface area contributed by atoms with Crippen LogP contribution in [0.1, 0.15) is 128 Å². The highest BCUT2D eigenvalue weighted by molar-refractivity contribution is 6.35. The number of amides is 2. The molecule has 2 N–H and O–H groups in total. The second kappa shape index (κ2) is 27.8. The molecule has 0 atom stereocenters. The van der Waals surface area contributed by atoms with E-state index in [-0.39, 0.29) is 0 Å². The molecule has 0 aliphatic carbocycles. The van der Waals surface area contributed by atoms with Crippen molar-refractivity contribution in [2.24, 2.45) is 10.2 Å². The van der Waals surface area contributed by atoms with E-state index >= 15 is 0 Å². The molecule has 2 amide bonds. The summed E-state index contributed by atoms with van der Waals surface area (Å²) in [6.45, 7) is 10.0. The minimum Gasteiger partial charge on any atom is -0.488 e. The molecule has 302 valence electrons. The second-order valence-corrected chi connectivity index (χ2v) is 15.9. The maximum Gasteiger partial charge on any atom is 0.331 e. The van der Waals surface area contributed by atoms with Crippen LogP contribution in [-0.2, 0) is 9.59 Å². The molecule has 0 aliphatic heterocycles. The highest BCUT2D eigenvalue weighted by atomic mass is 16.5. The second-order valence-electron chi connectivity index (χ2n) is 15.9. The molecule has 0 saturated carbocycles. The van der Waals surface area contributed by atoms with Crippen LogP contribution in [0.15, 0.2) is 58.7 Å². The Morgan fingerprint density at radius 1 is 0.500 bits per heavy atom. The highest BCUT2D eigenvalue weighted by Crippen LogP contribution is 2.15. The van der Waals surface area contributed by atoms with Crippen LogP contribution in [0.3, 0.4) is 0 Å². The number of hydrazone groups is 2. The predicted octanol–water partition coefficient (Wildman–Crippen LogP) is 8.48. The number of nitrogens with zero attached hydrogens (tertiary/aromatic N) is 4. The van der Waals surface area contributed by atoms with E-state index in [9.17, 15) is 9.59 Å². The molecule has 0 fully saturated rings. The Bertz CT molecular complexity index is 1240. The number of nitrogens with one attached hydrogen (secondary N) is 2. The van der Waals surface area contributed by atoms with Crippen molar-refractivity contribution in [3.8, 4) is 11.5 Å². The molecule has 10 nitrogen and oxygen atoms in total. The van der Waals surface area contributed by atoms with Gasteiger partial charge in [-0.2, -0.15) is 10.2 Å². The molecule has 0 heterocycles. The Morgan fingerprint density at radius 2 is 0.815 bits per heavy atom. The fraction of sp³-hybridized carbons (Fsp3) is 0.636. The molecule has 0 radical (unpaired) electrons. The molecule has 2 aromatic rings. The summed E-state index contributed by atoms with van der Waals surface area (Å²) in [6, 6.07) is 14.9. The molecule has 0 spiro atoms. The van der Waals surface area contributed by atoms with Gasteiger partial charge in [-0.3, -0.25) is 9.59 Å². The summed E-state index contributed by atoms with van der Waals surface area (Å²) in [5.74, 6) is -0.261. The fourth-order valence-electron chi connectivity index (χ4n) is 6.12. The van der Waals surface area contributed by atoms with Crippen molar-refractivity contribution in [2.75, 3.05) is 67.6 Å². The van der Waals surface area contributed by atoms with Gasteiger partial charge in [0.1, 0.15) is 37.8 Å². The lowest BCUT2D eigenvalue weighted by atomic mass is 10.1. The summed E-state index contributed by atoms with van der Waals surface area (Å²) in [4.78, 5) is 24.3. The first-order chi connectivity index (χ1) is 26.0.